The van der Waals surface area contributed by atoms with Crippen LogP contribution in [0, 0.1) is 6.92 Å². The second kappa shape index (κ2) is 6.03. The van der Waals surface area contributed by atoms with Gasteiger partial charge < -0.3 is 5.11 Å². The molecule has 0 spiro atoms. The normalized spacial score (nSPS) is 18.4. The zero-order chi connectivity index (χ0) is 17.4. The van der Waals surface area contributed by atoms with Gasteiger partial charge in [-0.15, -0.1) is 0 Å². The van der Waals surface area contributed by atoms with Crippen LogP contribution in [-0.4, -0.2) is 46.7 Å². The van der Waals surface area contributed by atoms with E-state index in [2.05, 4.69) is 5.10 Å². The quantitative estimate of drug-likeness (QED) is 0.902. The third kappa shape index (κ3) is 2.71. The van der Waals surface area contributed by atoms with Crippen LogP contribution in [0.4, 0.5) is 0 Å². The van der Waals surface area contributed by atoms with Crippen molar-refractivity contribution in [2.75, 3.05) is 13.1 Å². The number of nitrogens with zero attached hydrogens (tertiary/aromatic N) is 3. The van der Waals surface area contributed by atoms with Crippen LogP contribution in [-0.2, 0) is 20.4 Å². The first kappa shape index (κ1) is 16.7. The predicted molar refractivity (Wildman–Crippen MR) is 87.0 cm³/mol. The Kier molecular flexibility index (Phi) is 4.18. The third-order valence-corrected chi connectivity index (χ3v) is 6.39. The predicted octanol–water partition coefficient (Wildman–Crippen LogP) is 1.46. The van der Waals surface area contributed by atoms with Gasteiger partial charge in [0.1, 0.15) is 0 Å². The molecule has 0 atom stereocenters. The number of aryl methyl sites for hydroxylation is 1. The molecule has 1 saturated heterocycles. The number of carbonyl (C=O) groups is 1. The lowest BCUT2D eigenvalue weighted by Crippen LogP contribution is -2.52. The van der Waals surface area contributed by atoms with Crippen LogP contribution in [0.1, 0.15) is 18.4 Å². The monoisotopic (exact) mass is 349 g/mol. The highest BCUT2D eigenvalue weighted by molar-refractivity contribution is 7.89. The van der Waals surface area contributed by atoms with Crippen LogP contribution >= 0.6 is 0 Å². The molecule has 1 fully saturated rings. The number of rotatable bonds is 4. The molecule has 0 amide bonds. The van der Waals surface area contributed by atoms with E-state index in [-0.39, 0.29) is 30.8 Å². The zero-order valence-corrected chi connectivity index (χ0v) is 14.1. The smallest absolute Gasteiger partial charge is 0.331 e. The number of aliphatic carboxylic acids is 1. The number of aromatic nitrogens is 2. The summed E-state index contributed by atoms with van der Waals surface area (Å²) in [5, 5.41) is 13.9. The molecular weight excluding hydrogens is 330 g/mol. The Morgan fingerprint density at radius 2 is 1.83 bits per heavy atom. The van der Waals surface area contributed by atoms with Gasteiger partial charge in [0.2, 0.25) is 10.0 Å². The summed E-state index contributed by atoms with van der Waals surface area (Å²) in [4.78, 5) is 12.1. The number of piperidine rings is 1. The van der Waals surface area contributed by atoms with Crippen LogP contribution < -0.4 is 0 Å². The molecule has 1 N–H and O–H groups in total. The highest BCUT2D eigenvalue weighted by atomic mass is 32.2. The largest absolute Gasteiger partial charge is 0.479 e. The Hall–Kier alpha value is -2.19. The van der Waals surface area contributed by atoms with E-state index in [1.807, 2.05) is 6.92 Å². The third-order valence-electron chi connectivity index (χ3n) is 4.48. The second-order valence-corrected chi connectivity index (χ2v) is 7.95. The van der Waals surface area contributed by atoms with E-state index in [9.17, 15) is 18.3 Å². The maximum absolute atomic E-state index is 12.7. The highest BCUT2D eigenvalue weighted by Gasteiger charge is 2.46. The molecule has 1 aromatic carbocycles. The maximum Gasteiger partial charge on any atom is 0.331 e. The molecule has 1 aromatic heterocycles. The van der Waals surface area contributed by atoms with Gasteiger partial charge in [0.15, 0.2) is 5.54 Å². The Labute approximate surface area is 140 Å². The number of hydrogen-bond donors (Lipinski definition) is 1. The lowest BCUT2D eigenvalue weighted by Gasteiger charge is -2.38. The molecule has 0 saturated carbocycles. The van der Waals surface area contributed by atoms with Crippen molar-refractivity contribution in [3.8, 4) is 0 Å². The number of carboxylic acid groups (broad SMARTS) is 1. The Balaban J connectivity index is 1.85. The van der Waals surface area contributed by atoms with Crippen molar-refractivity contribution >= 4 is 16.0 Å². The van der Waals surface area contributed by atoms with Gasteiger partial charge in [-0.25, -0.2) is 13.2 Å². The lowest BCUT2D eigenvalue weighted by molar-refractivity contribution is -0.150. The Morgan fingerprint density at radius 3 is 2.33 bits per heavy atom. The Morgan fingerprint density at radius 1 is 1.21 bits per heavy atom. The van der Waals surface area contributed by atoms with Crippen LogP contribution in [0.2, 0.25) is 0 Å². The van der Waals surface area contributed by atoms with E-state index >= 15 is 0 Å². The summed E-state index contributed by atoms with van der Waals surface area (Å²) in [7, 11) is -3.60. The van der Waals surface area contributed by atoms with E-state index in [0.717, 1.165) is 5.56 Å². The van der Waals surface area contributed by atoms with Gasteiger partial charge in [-0.3, -0.25) is 4.68 Å². The summed E-state index contributed by atoms with van der Waals surface area (Å²) in [5.41, 5.74) is -0.327. The van der Waals surface area contributed by atoms with Crippen molar-refractivity contribution in [3.05, 3.63) is 48.3 Å². The van der Waals surface area contributed by atoms with Crippen LogP contribution in [0.5, 0.6) is 0 Å². The van der Waals surface area contributed by atoms with E-state index in [1.54, 1.807) is 42.7 Å². The standard InChI is InChI=1S/C16H19N3O4S/c1-13-11-17-19(12-13)16(15(20)21)7-9-18(10-8-16)24(22,23)14-5-3-2-4-6-14/h2-6,11-12H,7-10H2,1H3,(H,20,21). The topological polar surface area (TPSA) is 92.5 Å². The fourth-order valence-electron chi connectivity index (χ4n) is 3.03. The van der Waals surface area contributed by atoms with Gasteiger partial charge in [0.05, 0.1) is 11.1 Å². The Bertz CT molecular complexity index is 837. The van der Waals surface area contributed by atoms with Crippen molar-refractivity contribution in [1.29, 1.82) is 0 Å². The molecule has 1 aliphatic rings. The maximum atomic E-state index is 12.7. The minimum Gasteiger partial charge on any atom is -0.479 e. The zero-order valence-electron chi connectivity index (χ0n) is 13.3. The number of carboxylic acids is 1. The second-order valence-electron chi connectivity index (χ2n) is 6.02. The average Bonchev–Trinajstić information content (AvgIpc) is 3.02. The number of benzene rings is 1. The van der Waals surface area contributed by atoms with E-state index in [1.165, 1.54) is 8.99 Å². The summed E-state index contributed by atoms with van der Waals surface area (Å²) in [6.07, 6.45) is 3.65. The van der Waals surface area contributed by atoms with Crippen LogP contribution in [0.25, 0.3) is 0 Å². The van der Waals surface area contributed by atoms with Crippen molar-refractivity contribution in [1.82, 2.24) is 14.1 Å². The van der Waals surface area contributed by atoms with Crippen molar-refractivity contribution in [3.63, 3.8) is 0 Å². The van der Waals surface area contributed by atoms with Crippen LogP contribution in [0.15, 0.2) is 47.6 Å². The minimum atomic E-state index is -3.60. The summed E-state index contributed by atoms with van der Waals surface area (Å²) in [5.74, 6) is -0.984. The summed E-state index contributed by atoms with van der Waals surface area (Å²) >= 11 is 0. The first-order valence-electron chi connectivity index (χ1n) is 7.67. The molecular formula is C16H19N3O4S. The molecule has 1 aliphatic heterocycles. The molecule has 2 aromatic rings. The van der Waals surface area contributed by atoms with Crippen molar-refractivity contribution < 1.29 is 18.3 Å². The van der Waals surface area contributed by atoms with E-state index in [4.69, 9.17) is 0 Å². The molecule has 0 bridgehead atoms. The molecule has 0 radical (unpaired) electrons. The average molecular weight is 349 g/mol. The molecule has 128 valence electrons. The minimum absolute atomic E-state index is 0.141. The SMILES string of the molecule is Cc1cnn(C2(C(=O)O)CCN(S(=O)(=O)c3ccccc3)CC2)c1. The van der Waals surface area contributed by atoms with Gasteiger partial charge in [-0.2, -0.15) is 9.40 Å². The molecule has 7 nitrogen and oxygen atoms in total. The number of sulfonamides is 1. The number of hydrogen-bond acceptors (Lipinski definition) is 4. The van der Waals surface area contributed by atoms with Gasteiger partial charge in [0.25, 0.3) is 0 Å². The van der Waals surface area contributed by atoms with Gasteiger partial charge in [0, 0.05) is 19.3 Å². The van der Waals surface area contributed by atoms with Gasteiger partial charge in [-0.05, 0) is 37.5 Å². The van der Waals surface area contributed by atoms with Crippen molar-refractivity contribution in [2.24, 2.45) is 0 Å². The molecule has 2 heterocycles. The summed E-state index contributed by atoms with van der Waals surface area (Å²) < 4.78 is 28.1. The molecule has 3 rings (SSSR count). The first-order valence-corrected chi connectivity index (χ1v) is 9.11. The summed E-state index contributed by atoms with van der Waals surface area (Å²) in [6.45, 7) is 2.12. The molecule has 8 heteroatoms. The fourth-order valence-corrected chi connectivity index (χ4v) is 4.49. The van der Waals surface area contributed by atoms with Gasteiger partial charge in [-0.1, -0.05) is 18.2 Å². The molecule has 0 unspecified atom stereocenters. The summed E-state index contributed by atoms with van der Waals surface area (Å²) in [6, 6.07) is 8.19. The first-order chi connectivity index (χ1) is 11.4. The molecule has 0 aliphatic carbocycles. The fraction of sp³-hybridized carbons (Fsp3) is 0.375. The highest BCUT2D eigenvalue weighted by Crippen LogP contribution is 2.32. The van der Waals surface area contributed by atoms with Crippen LogP contribution in [0.3, 0.4) is 0 Å². The van der Waals surface area contributed by atoms with Gasteiger partial charge >= 0.3 is 5.97 Å². The van der Waals surface area contributed by atoms with E-state index < -0.39 is 21.5 Å². The van der Waals surface area contributed by atoms with E-state index in [0.29, 0.717) is 0 Å². The lowest BCUT2D eigenvalue weighted by atomic mass is 9.88. The van der Waals surface area contributed by atoms with Crippen molar-refractivity contribution in [2.45, 2.75) is 30.2 Å². The molecule has 24 heavy (non-hydrogen) atoms.